The SMILES string of the molecule is ClCCCl.FC(F)Cl. The van der Waals surface area contributed by atoms with Gasteiger partial charge in [-0.05, 0) is 0 Å². The van der Waals surface area contributed by atoms with Crippen LogP contribution in [0.15, 0.2) is 0 Å². The Morgan fingerprint density at radius 3 is 1.25 bits per heavy atom. The van der Waals surface area contributed by atoms with Gasteiger partial charge in [-0.15, -0.1) is 23.2 Å². The molecule has 5 heteroatoms. The molecule has 52 valence electrons. The van der Waals surface area contributed by atoms with E-state index in [4.69, 9.17) is 23.2 Å². The maximum atomic E-state index is 10.1. The molecule has 0 rings (SSSR count). The third kappa shape index (κ3) is 73.8. The molecule has 0 N–H and O–H groups in total. The minimum absolute atomic E-state index is 0.557. The van der Waals surface area contributed by atoms with Crippen molar-refractivity contribution in [3.63, 3.8) is 0 Å². The van der Waals surface area contributed by atoms with Crippen molar-refractivity contribution in [2.75, 3.05) is 11.8 Å². The van der Waals surface area contributed by atoms with E-state index in [0.29, 0.717) is 11.8 Å². The first-order valence-electron chi connectivity index (χ1n) is 1.69. The van der Waals surface area contributed by atoms with Crippen LogP contribution < -0.4 is 0 Å². The molecular formula is C3H5Cl3F2. The summed E-state index contributed by atoms with van der Waals surface area (Å²) in [6, 6.07) is 0. The summed E-state index contributed by atoms with van der Waals surface area (Å²) < 4.78 is 20.2. The van der Waals surface area contributed by atoms with E-state index in [1.54, 1.807) is 0 Å². The van der Waals surface area contributed by atoms with Crippen molar-refractivity contribution in [1.29, 1.82) is 0 Å². The molecule has 0 aromatic carbocycles. The first-order valence-corrected chi connectivity index (χ1v) is 3.19. The predicted octanol–water partition coefficient (Wildman–Crippen LogP) is 2.91. The summed E-state index contributed by atoms with van der Waals surface area (Å²) in [7, 11) is 0. The van der Waals surface area contributed by atoms with Gasteiger partial charge in [0.2, 0.25) is 0 Å². The van der Waals surface area contributed by atoms with Gasteiger partial charge < -0.3 is 0 Å². The molecule has 0 heterocycles. The van der Waals surface area contributed by atoms with Gasteiger partial charge in [0.1, 0.15) is 0 Å². The Morgan fingerprint density at radius 2 is 1.25 bits per heavy atom. The third-order valence-electron chi connectivity index (χ3n) is 0.0714. The van der Waals surface area contributed by atoms with Crippen LogP contribution in [-0.4, -0.2) is 17.6 Å². The van der Waals surface area contributed by atoms with Crippen LogP contribution in [0.25, 0.3) is 0 Å². The average molecular weight is 185 g/mol. The number of alkyl halides is 5. The summed E-state index contributed by atoms with van der Waals surface area (Å²) in [6.45, 7) is 0. The maximum absolute atomic E-state index is 10.1. The van der Waals surface area contributed by atoms with Crippen molar-refractivity contribution < 1.29 is 8.78 Å². The van der Waals surface area contributed by atoms with E-state index in [9.17, 15) is 8.78 Å². The zero-order valence-electron chi connectivity index (χ0n) is 3.88. The molecule has 0 aromatic rings. The Hall–Kier alpha value is 0.730. The first kappa shape index (κ1) is 11.5. The molecule has 0 saturated carbocycles. The molecule has 0 unspecified atom stereocenters. The normalized spacial score (nSPS) is 8.25. The largest absolute Gasteiger partial charge is 0.312 e. The van der Waals surface area contributed by atoms with E-state index in [1.165, 1.54) is 0 Å². The zero-order valence-corrected chi connectivity index (χ0v) is 6.15. The molecule has 0 aromatic heterocycles. The standard InChI is InChI=1S/C2H4Cl2.CHClF2/c3-1-2-4;2-1(3)4/h1-2H2;1H. The van der Waals surface area contributed by atoms with Gasteiger partial charge in [-0.3, -0.25) is 0 Å². The lowest BCUT2D eigenvalue weighted by Crippen LogP contribution is -1.63. The van der Waals surface area contributed by atoms with Crippen molar-refractivity contribution in [2.24, 2.45) is 0 Å². The molecule has 8 heavy (non-hydrogen) atoms. The molecule has 0 fully saturated rings. The second-order valence-corrected chi connectivity index (χ2v) is 1.71. The number of rotatable bonds is 1. The molecule has 0 amide bonds. The molecule has 0 radical (unpaired) electrons. The van der Waals surface area contributed by atoms with Crippen LogP contribution in [0.3, 0.4) is 0 Å². The highest BCUT2D eigenvalue weighted by atomic mass is 35.5. The molecule has 0 atom stereocenters. The second-order valence-electron chi connectivity index (χ2n) is 0.625. The van der Waals surface area contributed by atoms with Crippen LogP contribution in [0.1, 0.15) is 0 Å². The van der Waals surface area contributed by atoms with Crippen molar-refractivity contribution in [1.82, 2.24) is 0 Å². The minimum atomic E-state index is -2.69. The van der Waals surface area contributed by atoms with Gasteiger partial charge in [0.25, 0.3) is 0 Å². The topological polar surface area (TPSA) is 0 Å². The zero-order chi connectivity index (χ0) is 6.99. The Morgan fingerprint density at radius 1 is 1.12 bits per heavy atom. The predicted molar refractivity (Wildman–Crippen MR) is 33.3 cm³/mol. The fraction of sp³-hybridized carbons (Fsp3) is 1.00. The van der Waals surface area contributed by atoms with Crippen molar-refractivity contribution in [2.45, 2.75) is 5.88 Å². The quantitative estimate of drug-likeness (QED) is 0.551. The highest BCUT2D eigenvalue weighted by Gasteiger charge is 1.83. The second kappa shape index (κ2) is 10.7. The number of hydrogen-bond donors (Lipinski definition) is 0. The van der Waals surface area contributed by atoms with Gasteiger partial charge >= 0.3 is 5.88 Å². The van der Waals surface area contributed by atoms with E-state index >= 15 is 0 Å². The highest BCUT2D eigenvalue weighted by molar-refractivity contribution is 6.25. The lowest BCUT2D eigenvalue weighted by molar-refractivity contribution is 0.243. The van der Waals surface area contributed by atoms with E-state index in [2.05, 4.69) is 11.6 Å². The van der Waals surface area contributed by atoms with Crippen LogP contribution in [0.2, 0.25) is 0 Å². The van der Waals surface area contributed by atoms with Gasteiger partial charge in [0.15, 0.2) is 0 Å². The monoisotopic (exact) mass is 184 g/mol. The summed E-state index contributed by atoms with van der Waals surface area (Å²) in [5.74, 6) is -1.58. The lowest BCUT2D eigenvalue weighted by Gasteiger charge is -1.66. The first-order chi connectivity index (χ1) is 3.65. The van der Waals surface area contributed by atoms with Crippen LogP contribution in [0, 0.1) is 0 Å². The maximum Gasteiger partial charge on any atom is 0.312 e. The fourth-order valence-electron chi connectivity index (χ4n) is 0. The summed E-state index contributed by atoms with van der Waals surface area (Å²) in [5.41, 5.74) is 0. The average Bonchev–Trinajstić information content (AvgIpc) is 1.65. The Labute approximate surface area is 61.7 Å². The molecule has 0 aliphatic carbocycles. The smallest absolute Gasteiger partial charge is 0.192 e. The Kier molecular flexibility index (Phi) is 15.4. The van der Waals surface area contributed by atoms with Crippen LogP contribution in [-0.2, 0) is 0 Å². The molecule has 0 aliphatic rings. The van der Waals surface area contributed by atoms with Gasteiger partial charge in [-0.25, -0.2) is 0 Å². The van der Waals surface area contributed by atoms with Gasteiger partial charge in [0, 0.05) is 11.8 Å². The van der Waals surface area contributed by atoms with Crippen molar-refractivity contribution in [3.05, 3.63) is 0 Å². The van der Waals surface area contributed by atoms with E-state index in [0.717, 1.165) is 0 Å². The molecule has 0 bridgehead atoms. The molecule has 0 saturated heterocycles. The van der Waals surface area contributed by atoms with Gasteiger partial charge in [0.05, 0.1) is 0 Å². The third-order valence-corrected chi connectivity index (χ3v) is 0.643. The summed E-state index contributed by atoms with van der Waals surface area (Å²) in [6.07, 6.45) is 0. The molecule has 0 aliphatic heterocycles. The Bertz CT molecular complexity index is 29.0. The fourth-order valence-corrected chi connectivity index (χ4v) is 0. The van der Waals surface area contributed by atoms with Crippen LogP contribution >= 0.6 is 34.8 Å². The van der Waals surface area contributed by atoms with Crippen molar-refractivity contribution in [3.8, 4) is 0 Å². The Balaban J connectivity index is 0. The van der Waals surface area contributed by atoms with Gasteiger partial charge in [-0.2, -0.15) is 8.78 Å². The highest BCUT2D eigenvalue weighted by Crippen LogP contribution is 1.93. The van der Waals surface area contributed by atoms with Crippen molar-refractivity contribution >= 4 is 34.8 Å². The van der Waals surface area contributed by atoms with E-state index in [-0.39, 0.29) is 0 Å². The van der Waals surface area contributed by atoms with Crippen LogP contribution in [0.5, 0.6) is 0 Å². The summed E-state index contributed by atoms with van der Waals surface area (Å²) >= 11 is 14.0. The van der Waals surface area contributed by atoms with Crippen LogP contribution in [0.4, 0.5) is 8.78 Å². The lowest BCUT2D eigenvalue weighted by atomic mass is 11.0. The summed E-state index contributed by atoms with van der Waals surface area (Å²) in [4.78, 5) is 0. The molecule has 0 nitrogen and oxygen atoms in total. The van der Waals surface area contributed by atoms with Gasteiger partial charge in [-0.1, -0.05) is 11.6 Å². The molecule has 0 spiro atoms. The summed E-state index contributed by atoms with van der Waals surface area (Å²) in [5, 5.41) is 0. The molecular weight excluding hydrogens is 180 g/mol. The number of hydrogen-bond acceptors (Lipinski definition) is 0. The van der Waals surface area contributed by atoms with E-state index in [1.807, 2.05) is 0 Å². The number of halogens is 5. The minimum Gasteiger partial charge on any atom is -0.192 e. The van der Waals surface area contributed by atoms with E-state index < -0.39 is 5.88 Å².